The zero-order valence-electron chi connectivity index (χ0n) is 11.1. The first-order valence-electron chi connectivity index (χ1n) is 6.56. The highest BCUT2D eigenvalue weighted by molar-refractivity contribution is 5.43. The SMILES string of the molecule is CNc1cncc(NC2(CO)CCC(C)CC2)n1. The smallest absolute Gasteiger partial charge is 0.147 e. The van der Waals surface area contributed by atoms with E-state index in [1.165, 1.54) is 0 Å². The number of hydrogen-bond donors (Lipinski definition) is 3. The first-order chi connectivity index (χ1) is 8.67. The van der Waals surface area contributed by atoms with E-state index in [0.29, 0.717) is 0 Å². The van der Waals surface area contributed by atoms with Gasteiger partial charge in [-0.25, -0.2) is 4.98 Å². The summed E-state index contributed by atoms with van der Waals surface area (Å²) in [4.78, 5) is 8.53. The van der Waals surface area contributed by atoms with Gasteiger partial charge in [-0.3, -0.25) is 4.98 Å². The average molecular weight is 250 g/mol. The van der Waals surface area contributed by atoms with Crippen LogP contribution in [0.2, 0.25) is 0 Å². The Labute approximate surface area is 108 Å². The third-order valence-corrected chi connectivity index (χ3v) is 3.82. The monoisotopic (exact) mass is 250 g/mol. The van der Waals surface area contributed by atoms with Crippen molar-refractivity contribution in [3.05, 3.63) is 12.4 Å². The third-order valence-electron chi connectivity index (χ3n) is 3.82. The van der Waals surface area contributed by atoms with Crippen molar-refractivity contribution in [2.45, 2.75) is 38.1 Å². The van der Waals surface area contributed by atoms with Crippen LogP contribution in [0, 0.1) is 5.92 Å². The van der Waals surface area contributed by atoms with E-state index < -0.39 is 0 Å². The van der Waals surface area contributed by atoms with Crippen LogP contribution in [0.4, 0.5) is 11.6 Å². The van der Waals surface area contributed by atoms with Gasteiger partial charge in [-0.2, -0.15) is 0 Å². The maximum absolute atomic E-state index is 9.69. The molecule has 0 radical (unpaired) electrons. The van der Waals surface area contributed by atoms with E-state index in [4.69, 9.17) is 0 Å². The highest BCUT2D eigenvalue weighted by atomic mass is 16.3. The third kappa shape index (κ3) is 2.90. The minimum Gasteiger partial charge on any atom is -0.394 e. The Hall–Kier alpha value is -1.36. The molecule has 1 aliphatic carbocycles. The van der Waals surface area contributed by atoms with Crippen LogP contribution in [0.5, 0.6) is 0 Å². The van der Waals surface area contributed by atoms with E-state index in [1.807, 2.05) is 7.05 Å². The summed E-state index contributed by atoms with van der Waals surface area (Å²) < 4.78 is 0. The molecule has 0 amide bonds. The average Bonchev–Trinajstić information content (AvgIpc) is 2.42. The van der Waals surface area contributed by atoms with Gasteiger partial charge in [0.1, 0.15) is 11.6 Å². The van der Waals surface area contributed by atoms with Crippen LogP contribution in [0.1, 0.15) is 32.6 Å². The number of nitrogens with one attached hydrogen (secondary N) is 2. The van der Waals surface area contributed by atoms with Crippen LogP contribution in [-0.2, 0) is 0 Å². The maximum Gasteiger partial charge on any atom is 0.147 e. The zero-order valence-corrected chi connectivity index (χ0v) is 11.1. The van der Waals surface area contributed by atoms with E-state index >= 15 is 0 Å². The Morgan fingerprint density at radius 3 is 2.61 bits per heavy atom. The second kappa shape index (κ2) is 5.52. The number of hydrogen-bond acceptors (Lipinski definition) is 5. The van der Waals surface area contributed by atoms with Gasteiger partial charge in [-0.05, 0) is 31.6 Å². The molecule has 2 rings (SSSR count). The number of anilines is 2. The summed E-state index contributed by atoms with van der Waals surface area (Å²) >= 11 is 0. The predicted octanol–water partition coefficient (Wildman–Crippen LogP) is 1.87. The summed E-state index contributed by atoms with van der Waals surface area (Å²) in [5, 5.41) is 16.0. The van der Waals surface area contributed by atoms with Crippen molar-refractivity contribution in [2.75, 3.05) is 24.3 Å². The molecule has 1 aromatic heterocycles. The molecule has 0 bridgehead atoms. The van der Waals surface area contributed by atoms with E-state index in [1.54, 1.807) is 12.4 Å². The minimum absolute atomic E-state index is 0.144. The van der Waals surface area contributed by atoms with E-state index in [-0.39, 0.29) is 12.1 Å². The molecular formula is C13H22N4O. The summed E-state index contributed by atoms with van der Waals surface area (Å²) in [6, 6.07) is 0. The summed E-state index contributed by atoms with van der Waals surface area (Å²) in [7, 11) is 1.82. The first-order valence-corrected chi connectivity index (χ1v) is 6.56. The molecule has 18 heavy (non-hydrogen) atoms. The van der Waals surface area contributed by atoms with Crippen molar-refractivity contribution in [1.29, 1.82) is 0 Å². The Morgan fingerprint density at radius 2 is 2.00 bits per heavy atom. The molecule has 1 aromatic rings. The fourth-order valence-electron chi connectivity index (χ4n) is 2.46. The standard InChI is InChI=1S/C13H22N4O/c1-10-3-5-13(9-18,6-4-10)17-12-8-15-7-11(14-2)16-12/h7-8,10,18H,3-6,9H2,1-2H3,(H2,14,16,17). The van der Waals surface area contributed by atoms with Crippen LogP contribution >= 0.6 is 0 Å². The van der Waals surface area contributed by atoms with Gasteiger partial charge in [0.15, 0.2) is 0 Å². The van der Waals surface area contributed by atoms with Crippen molar-refractivity contribution in [2.24, 2.45) is 5.92 Å². The van der Waals surface area contributed by atoms with Gasteiger partial charge in [0, 0.05) is 7.05 Å². The molecule has 0 aromatic carbocycles. The number of rotatable bonds is 4. The Balaban J connectivity index is 2.09. The van der Waals surface area contributed by atoms with Crippen molar-refractivity contribution in [3.8, 4) is 0 Å². The van der Waals surface area contributed by atoms with Gasteiger partial charge < -0.3 is 15.7 Å². The molecule has 1 saturated carbocycles. The Bertz CT molecular complexity index is 388. The van der Waals surface area contributed by atoms with E-state index in [0.717, 1.165) is 43.2 Å². The van der Waals surface area contributed by atoms with Gasteiger partial charge in [0.05, 0.1) is 24.5 Å². The van der Waals surface area contributed by atoms with Crippen LogP contribution in [0.25, 0.3) is 0 Å². The number of nitrogens with zero attached hydrogens (tertiary/aromatic N) is 2. The molecule has 1 heterocycles. The normalized spacial score (nSPS) is 27.8. The van der Waals surface area contributed by atoms with Gasteiger partial charge in [-0.1, -0.05) is 6.92 Å². The van der Waals surface area contributed by atoms with Gasteiger partial charge in [-0.15, -0.1) is 0 Å². The van der Waals surface area contributed by atoms with Crippen LogP contribution in [0.15, 0.2) is 12.4 Å². The van der Waals surface area contributed by atoms with Crippen molar-refractivity contribution in [3.63, 3.8) is 0 Å². The molecule has 100 valence electrons. The zero-order chi connectivity index (χ0) is 13.0. The Morgan fingerprint density at radius 1 is 1.33 bits per heavy atom. The number of aliphatic hydroxyl groups excluding tert-OH is 1. The summed E-state index contributed by atoms with van der Waals surface area (Å²) in [6.07, 6.45) is 7.64. The molecule has 0 aliphatic heterocycles. The fourth-order valence-corrected chi connectivity index (χ4v) is 2.46. The topological polar surface area (TPSA) is 70.1 Å². The van der Waals surface area contributed by atoms with Crippen LogP contribution in [-0.4, -0.2) is 34.3 Å². The molecule has 5 nitrogen and oxygen atoms in total. The van der Waals surface area contributed by atoms with Crippen molar-refractivity contribution >= 4 is 11.6 Å². The van der Waals surface area contributed by atoms with E-state index in [9.17, 15) is 5.11 Å². The first kappa shape index (κ1) is 13.1. The minimum atomic E-state index is -0.229. The molecule has 0 spiro atoms. The number of aromatic nitrogens is 2. The molecule has 1 fully saturated rings. The summed E-state index contributed by atoms with van der Waals surface area (Å²) in [6.45, 7) is 2.41. The molecule has 1 aliphatic rings. The van der Waals surface area contributed by atoms with Crippen molar-refractivity contribution in [1.82, 2.24) is 9.97 Å². The largest absolute Gasteiger partial charge is 0.394 e. The molecular weight excluding hydrogens is 228 g/mol. The number of aliphatic hydroxyl groups is 1. The molecule has 0 atom stereocenters. The second-order valence-corrected chi connectivity index (χ2v) is 5.29. The molecule has 0 unspecified atom stereocenters. The second-order valence-electron chi connectivity index (χ2n) is 5.29. The van der Waals surface area contributed by atoms with Crippen LogP contribution < -0.4 is 10.6 Å². The predicted molar refractivity (Wildman–Crippen MR) is 72.7 cm³/mol. The van der Waals surface area contributed by atoms with E-state index in [2.05, 4.69) is 27.5 Å². The maximum atomic E-state index is 9.69. The lowest BCUT2D eigenvalue weighted by Crippen LogP contribution is -2.45. The van der Waals surface area contributed by atoms with Crippen molar-refractivity contribution < 1.29 is 5.11 Å². The lowest BCUT2D eigenvalue weighted by Gasteiger charge is -2.39. The lowest BCUT2D eigenvalue weighted by atomic mass is 9.77. The quantitative estimate of drug-likeness (QED) is 0.761. The van der Waals surface area contributed by atoms with Gasteiger partial charge in [0.2, 0.25) is 0 Å². The molecule has 5 heteroatoms. The van der Waals surface area contributed by atoms with Gasteiger partial charge in [0.25, 0.3) is 0 Å². The Kier molecular flexibility index (Phi) is 4.01. The van der Waals surface area contributed by atoms with Gasteiger partial charge >= 0.3 is 0 Å². The highest BCUT2D eigenvalue weighted by Gasteiger charge is 2.33. The summed E-state index contributed by atoms with van der Waals surface area (Å²) in [5.74, 6) is 2.21. The molecule has 3 N–H and O–H groups in total. The van der Waals surface area contributed by atoms with Crippen LogP contribution in [0.3, 0.4) is 0 Å². The summed E-state index contributed by atoms with van der Waals surface area (Å²) in [5.41, 5.74) is -0.229. The fraction of sp³-hybridized carbons (Fsp3) is 0.692. The lowest BCUT2D eigenvalue weighted by molar-refractivity contribution is 0.155. The highest BCUT2D eigenvalue weighted by Crippen LogP contribution is 2.33. The molecule has 0 saturated heterocycles.